The van der Waals surface area contributed by atoms with Crippen LogP contribution in [0.3, 0.4) is 0 Å². The molecule has 0 N–H and O–H groups in total. The van der Waals surface area contributed by atoms with E-state index in [-0.39, 0.29) is 12.8 Å². The van der Waals surface area contributed by atoms with Gasteiger partial charge in [-0.1, -0.05) is 45.2 Å². The topological polar surface area (TPSA) is 44.8 Å². The van der Waals surface area contributed by atoms with Crippen molar-refractivity contribution in [3.63, 3.8) is 0 Å². The Kier molecular flexibility index (Phi) is 9.80. The highest BCUT2D eigenvalue weighted by atomic mass is 16.7. The molecule has 0 aliphatic heterocycles. The molecule has 1 rings (SSSR count). The molecule has 128 valence electrons. The Morgan fingerprint density at radius 1 is 1.22 bits per heavy atom. The van der Waals surface area contributed by atoms with E-state index in [1.54, 1.807) is 13.2 Å². The van der Waals surface area contributed by atoms with Crippen LogP contribution in [0.15, 0.2) is 30.3 Å². The van der Waals surface area contributed by atoms with Gasteiger partial charge >= 0.3 is 5.97 Å². The molecule has 4 heteroatoms. The Labute approximate surface area is 139 Å². The van der Waals surface area contributed by atoms with Crippen LogP contribution in [-0.2, 0) is 14.3 Å². The fraction of sp³-hybridized carbons (Fsp3) is 0.526. The Morgan fingerprint density at radius 3 is 2.57 bits per heavy atom. The molecule has 4 nitrogen and oxygen atoms in total. The number of carbonyl (C=O) groups excluding carboxylic acids is 1. The molecule has 0 saturated carbocycles. The number of unbranched alkanes of at least 4 members (excludes halogenated alkanes) is 1. The van der Waals surface area contributed by atoms with Crippen LogP contribution >= 0.6 is 0 Å². The molecular formula is C19H28O4. The number of ether oxygens (including phenoxy) is 3. The van der Waals surface area contributed by atoms with Crippen molar-refractivity contribution in [3.05, 3.63) is 35.9 Å². The van der Waals surface area contributed by atoms with E-state index in [0.29, 0.717) is 12.5 Å². The number of esters is 1. The molecule has 1 aromatic rings. The van der Waals surface area contributed by atoms with Gasteiger partial charge in [0.25, 0.3) is 0 Å². The van der Waals surface area contributed by atoms with E-state index in [1.807, 2.05) is 24.3 Å². The molecule has 0 aromatic heterocycles. The van der Waals surface area contributed by atoms with Crippen LogP contribution in [0.5, 0.6) is 5.75 Å². The largest absolute Gasteiger partial charge is 0.468 e. The summed E-state index contributed by atoms with van der Waals surface area (Å²) in [6, 6.07) is 7.43. The predicted molar refractivity (Wildman–Crippen MR) is 92.2 cm³/mol. The maximum absolute atomic E-state index is 11.8. The lowest BCUT2D eigenvalue weighted by Gasteiger charge is -2.13. The standard InChI is InChI=1S/C19H28O4/c1-4-6-7-16(5-2)14-22-19(20)13-10-17-8-11-18(12-9-17)23-15-21-3/h8-13,16H,4-7,14-15H2,1-3H3. The van der Waals surface area contributed by atoms with Gasteiger partial charge in [0.15, 0.2) is 6.79 Å². The Hall–Kier alpha value is -1.81. The van der Waals surface area contributed by atoms with Crippen LogP contribution in [0.25, 0.3) is 6.08 Å². The lowest BCUT2D eigenvalue weighted by atomic mass is 10.0. The quantitative estimate of drug-likeness (QED) is 0.343. The van der Waals surface area contributed by atoms with Crippen molar-refractivity contribution in [2.24, 2.45) is 5.92 Å². The molecule has 1 unspecified atom stereocenters. The average molecular weight is 320 g/mol. The molecule has 0 fully saturated rings. The summed E-state index contributed by atoms with van der Waals surface area (Å²) in [5, 5.41) is 0. The van der Waals surface area contributed by atoms with Crippen LogP contribution in [0.2, 0.25) is 0 Å². The molecule has 0 spiro atoms. The third-order valence-corrected chi connectivity index (χ3v) is 3.64. The molecule has 0 aliphatic rings. The van der Waals surface area contributed by atoms with E-state index >= 15 is 0 Å². The molecule has 1 atom stereocenters. The lowest BCUT2D eigenvalue weighted by molar-refractivity contribution is -0.139. The highest BCUT2D eigenvalue weighted by molar-refractivity contribution is 5.87. The lowest BCUT2D eigenvalue weighted by Crippen LogP contribution is -2.12. The zero-order chi connectivity index (χ0) is 16.9. The molecule has 0 heterocycles. The number of hydrogen-bond donors (Lipinski definition) is 0. The average Bonchev–Trinajstić information content (AvgIpc) is 2.59. The zero-order valence-corrected chi connectivity index (χ0v) is 14.4. The minimum absolute atomic E-state index is 0.220. The Morgan fingerprint density at radius 2 is 1.96 bits per heavy atom. The van der Waals surface area contributed by atoms with E-state index in [2.05, 4.69) is 13.8 Å². The van der Waals surface area contributed by atoms with Gasteiger partial charge in [-0.3, -0.25) is 0 Å². The second kappa shape index (κ2) is 11.7. The van der Waals surface area contributed by atoms with Gasteiger partial charge in [-0.05, 0) is 36.1 Å². The number of carbonyl (C=O) groups is 1. The summed E-state index contributed by atoms with van der Waals surface area (Å²) in [5.41, 5.74) is 0.921. The number of rotatable bonds is 11. The first-order valence-electron chi connectivity index (χ1n) is 8.26. The first-order chi connectivity index (χ1) is 11.2. The summed E-state index contributed by atoms with van der Waals surface area (Å²) >= 11 is 0. The third-order valence-electron chi connectivity index (χ3n) is 3.64. The van der Waals surface area contributed by atoms with Crippen LogP contribution in [0.1, 0.15) is 45.1 Å². The van der Waals surface area contributed by atoms with Crippen molar-refractivity contribution in [2.75, 3.05) is 20.5 Å². The number of hydrogen-bond acceptors (Lipinski definition) is 4. The van der Waals surface area contributed by atoms with Gasteiger partial charge in [-0.25, -0.2) is 4.79 Å². The summed E-state index contributed by atoms with van der Waals surface area (Å²) in [6.07, 6.45) is 7.73. The second-order valence-electron chi connectivity index (χ2n) is 5.50. The van der Waals surface area contributed by atoms with Crippen LogP contribution in [0.4, 0.5) is 0 Å². The molecule has 0 amide bonds. The van der Waals surface area contributed by atoms with Crippen molar-refractivity contribution in [2.45, 2.75) is 39.5 Å². The van der Waals surface area contributed by atoms with E-state index in [9.17, 15) is 4.79 Å². The van der Waals surface area contributed by atoms with Gasteiger partial charge in [0.2, 0.25) is 0 Å². The second-order valence-corrected chi connectivity index (χ2v) is 5.50. The molecule has 0 aliphatic carbocycles. The summed E-state index contributed by atoms with van der Waals surface area (Å²) in [4.78, 5) is 11.8. The highest BCUT2D eigenvalue weighted by Gasteiger charge is 2.08. The van der Waals surface area contributed by atoms with Gasteiger partial charge in [0.05, 0.1) is 6.61 Å². The normalized spacial score (nSPS) is 12.3. The van der Waals surface area contributed by atoms with Crippen molar-refractivity contribution in [1.82, 2.24) is 0 Å². The minimum Gasteiger partial charge on any atom is -0.468 e. The van der Waals surface area contributed by atoms with E-state index < -0.39 is 0 Å². The van der Waals surface area contributed by atoms with Gasteiger partial charge in [0.1, 0.15) is 5.75 Å². The predicted octanol–water partition coefficient (Wildman–Crippen LogP) is 4.44. The maximum Gasteiger partial charge on any atom is 0.330 e. The SMILES string of the molecule is CCCCC(CC)COC(=O)C=Cc1ccc(OCOC)cc1. The minimum atomic E-state index is -0.292. The first-order valence-corrected chi connectivity index (χ1v) is 8.26. The summed E-state index contributed by atoms with van der Waals surface area (Å²) < 4.78 is 15.5. The monoisotopic (exact) mass is 320 g/mol. The maximum atomic E-state index is 11.8. The molecule has 0 bridgehead atoms. The van der Waals surface area contributed by atoms with Crippen LogP contribution in [0, 0.1) is 5.92 Å². The van der Waals surface area contributed by atoms with Crippen molar-refractivity contribution >= 4 is 12.0 Å². The van der Waals surface area contributed by atoms with Crippen molar-refractivity contribution in [1.29, 1.82) is 0 Å². The molecule has 0 saturated heterocycles. The Balaban J connectivity index is 2.39. The molecule has 1 aromatic carbocycles. The number of benzene rings is 1. The Bertz CT molecular complexity index is 465. The van der Waals surface area contributed by atoms with Gasteiger partial charge in [-0.2, -0.15) is 0 Å². The fourth-order valence-electron chi connectivity index (χ4n) is 2.11. The van der Waals surface area contributed by atoms with Gasteiger partial charge < -0.3 is 14.2 Å². The van der Waals surface area contributed by atoms with Crippen LogP contribution in [-0.4, -0.2) is 26.5 Å². The summed E-state index contributed by atoms with van der Waals surface area (Å²) in [6.45, 7) is 5.03. The molecule has 23 heavy (non-hydrogen) atoms. The molecular weight excluding hydrogens is 292 g/mol. The summed E-state index contributed by atoms with van der Waals surface area (Å²) in [7, 11) is 1.58. The smallest absolute Gasteiger partial charge is 0.330 e. The van der Waals surface area contributed by atoms with Gasteiger partial charge in [0, 0.05) is 13.2 Å². The first kappa shape index (κ1) is 19.2. The number of methoxy groups -OCH3 is 1. The van der Waals surface area contributed by atoms with Gasteiger partial charge in [-0.15, -0.1) is 0 Å². The highest BCUT2D eigenvalue weighted by Crippen LogP contribution is 2.14. The third kappa shape index (κ3) is 8.41. The van der Waals surface area contributed by atoms with Crippen molar-refractivity contribution in [3.8, 4) is 5.75 Å². The molecule has 0 radical (unpaired) electrons. The zero-order valence-electron chi connectivity index (χ0n) is 14.4. The van der Waals surface area contributed by atoms with Crippen LogP contribution < -0.4 is 4.74 Å². The van der Waals surface area contributed by atoms with E-state index in [0.717, 1.165) is 24.2 Å². The summed E-state index contributed by atoms with van der Waals surface area (Å²) in [5.74, 6) is 0.900. The van der Waals surface area contributed by atoms with E-state index in [4.69, 9.17) is 14.2 Å². The fourth-order valence-corrected chi connectivity index (χ4v) is 2.11. The van der Waals surface area contributed by atoms with E-state index in [1.165, 1.54) is 18.9 Å². The van der Waals surface area contributed by atoms with Crippen molar-refractivity contribution < 1.29 is 19.0 Å².